The lowest BCUT2D eigenvalue weighted by Crippen LogP contribution is -2.04. The molecule has 2 rings (SSSR count). The Kier molecular flexibility index (Phi) is 2.43. The largest absolute Gasteiger partial charge is 0.330 e. The number of hydrogen-bond donors (Lipinski definition) is 1. The van der Waals surface area contributed by atoms with Crippen molar-refractivity contribution in [1.29, 1.82) is 0 Å². The fraction of sp³-hybridized carbons (Fsp3) is 0.667. The molecule has 13 heavy (non-hydrogen) atoms. The molecule has 1 heterocycles. The van der Waals surface area contributed by atoms with Crippen molar-refractivity contribution >= 4 is 15.9 Å². The van der Waals surface area contributed by atoms with Crippen molar-refractivity contribution in [3.8, 4) is 0 Å². The first-order chi connectivity index (χ1) is 6.24. The van der Waals surface area contributed by atoms with E-state index >= 15 is 0 Å². The van der Waals surface area contributed by atoms with E-state index in [9.17, 15) is 0 Å². The number of rotatable bonds is 2. The molecule has 0 radical (unpaired) electrons. The molecule has 3 nitrogen and oxygen atoms in total. The van der Waals surface area contributed by atoms with Gasteiger partial charge in [-0.25, -0.2) is 0 Å². The molecule has 0 bridgehead atoms. The number of fused-ring (bicyclic) bond motifs is 1. The molecular formula is C9H14BrN3. The van der Waals surface area contributed by atoms with Crippen molar-refractivity contribution < 1.29 is 0 Å². The molecule has 1 atom stereocenters. The Balaban J connectivity index is 2.35. The zero-order valence-corrected chi connectivity index (χ0v) is 9.34. The van der Waals surface area contributed by atoms with E-state index in [1.54, 1.807) is 0 Å². The molecule has 0 saturated heterocycles. The third kappa shape index (κ3) is 1.42. The molecule has 4 heteroatoms. The van der Waals surface area contributed by atoms with Gasteiger partial charge < -0.3 is 5.73 Å². The molecule has 1 aliphatic carbocycles. The van der Waals surface area contributed by atoms with Crippen LogP contribution in [-0.4, -0.2) is 16.3 Å². The fourth-order valence-electron chi connectivity index (χ4n) is 2.18. The second kappa shape index (κ2) is 3.42. The molecular weight excluding hydrogens is 230 g/mol. The molecule has 1 aromatic rings. The lowest BCUT2D eigenvalue weighted by Gasteiger charge is -2.06. The van der Waals surface area contributed by atoms with Crippen LogP contribution < -0.4 is 5.73 Å². The smallest absolute Gasteiger partial charge is 0.131 e. The molecule has 0 saturated carbocycles. The molecule has 0 aromatic carbocycles. The summed E-state index contributed by atoms with van der Waals surface area (Å²) in [7, 11) is 2.01. The van der Waals surface area contributed by atoms with Crippen LogP contribution in [0.5, 0.6) is 0 Å². The minimum absolute atomic E-state index is 0.628. The van der Waals surface area contributed by atoms with Gasteiger partial charge in [0.25, 0.3) is 0 Å². The summed E-state index contributed by atoms with van der Waals surface area (Å²) < 4.78 is 3.00. The number of aromatic nitrogens is 2. The van der Waals surface area contributed by atoms with E-state index in [1.165, 1.54) is 17.7 Å². The minimum Gasteiger partial charge on any atom is -0.330 e. The van der Waals surface area contributed by atoms with Gasteiger partial charge in [-0.1, -0.05) is 0 Å². The highest BCUT2D eigenvalue weighted by Crippen LogP contribution is 2.39. The highest BCUT2D eigenvalue weighted by Gasteiger charge is 2.28. The summed E-state index contributed by atoms with van der Waals surface area (Å²) in [4.78, 5) is 0. The van der Waals surface area contributed by atoms with Gasteiger partial charge in [0.1, 0.15) is 4.60 Å². The van der Waals surface area contributed by atoms with Gasteiger partial charge in [-0.2, -0.15) is 5.10 Å². The van der Waals surface area contributed by atoms with Gasteiger partial charge in [0.05, 0.1) is 0 Å². The van der Waals surface area contributed by atoms with E-state index in [2.05, 4.69) is 21.0 Å². The van der Waals surface area contributed by atoms with Crippen molar-refractivity contribution in [2.45, 2.75) is 25.2 Å². The average Bonchev–Trinajstić information content (AvgIpc) is 2.58. The molecule has 72 valence electrons. The Morgan fingerprint density at radius 3 is 3.15 bits per heavy atom. The van der Waals surface area contributed by atoms with Crippen LogP contribution in [-0.2, 0) is 13.5 Å². The van der Waals surface area contributed by atoms with Crippen LogP contribution in [0.1, 0.15) is 30.0 Å². The van der Waals surface area contributed by atoms with Crippen molar-refractivity contribution in [2.75, 3.05) is 6.54 Å². The van der Waals surface area contributed by atoms with Crippen LogP contribution in [0.4, 0.5) is 0 Å². The average molecular weight is 244 g/mol. The Morgan fingerprint density at radius 2 is 2.46 bits per heavy atom. The summed E-state index contributed by atoms with van der Waals surface area (Å²) in [6, 6.07) is 0. The molecule has 2 N–H and O–H groups in total. The van der Waals surface area contributed by atoms with Crippen LogP contribution >= 0.6 is 15.9 Å². The van der Waals surface area contributed by atoms with Gasteiger partial charge in [-0.3, -0.25) is 4.68 Å². The molecule has 1 aromatic heterocycles. The maximum Gasteiger partial charge on any atom is 0.131 e. The summed E-state index contributed by atoms with van der Waals surface area (Å²) in [5.41, 5.74) is 8.36. The quantitative estimate of drug-likeness (QED) is 0.857. The third-order valence-electron chi connectivity index (χ3n) is 2.81. The molecule has 1 unspecified atom stereocenters. The highest BCUT2D eigenvalue weighted by atomic mass is 79.9. The zero-order valence-electron chi connectivity index (χ0n) is 7.76. The molecule has 0 aliphatic heterocycles. The first-order valence-corrected chi connectivity index (χ1v) is 5.44. The van der Waals surface area contributed by atoms with Gasteiger partial charge in [0.2, 0.25) is 0 Å². The van der Waals surface area contributed by atoms with Crippen molar-refractivity contribution in [2.24, 2.45) is 12.8 Å². The normalized spacial score (nSPS) is 20.7. The Bertz CT molecular complexity index is 319. The second-order valence-corrected chi connectivity index (χ2v) is 4.34. The first-order valence-electron chi connectivity index (χ1n) is 4.65. The van der Waals surface area contributed by atoms with E-state index in [-0.39, 0.29) is 0 Å². The van der Waals surface area contributed by atoms with Gasteiger partial charge >= 0.3 is 0 Å². The topological polar surface area (TPSA) is 43.8 Å². The lowest BCUT2D eigenvalue weighted by molar-refractivity contribution is 0.611. The minimum atomic E-state index is 0.628. The summed E-state index contributed by atoms with van der Waals surface area (Å²) in [5, 5.41) is 4.36. The van der Waals surface area contributed by atoms with Crippen molar-refractivity contribution in [3.63, 3.8) is 0 Å². The van der Waals surface area contributed by atoms with Crippen LogP contribution in [0.25, 0.3) is 0 Å². The Hall–Kier alpha value is -0.350. The predicted molar refractivity (Wildman–Crippen MR) is 55.6 cm³/mol. The van der Waals surface area contributed by atoms with Crippen LogP contribution in [0.3, 0.4) is 0 Å². The number of hydrogen-bond acceptors (Lipinski definition) is 2. The second-order valence-electron chi connectivity index (χ2n) is 3.59. The molecule has 0 fully saturated rings. The van der Waals surface area contributed by atoms with Crippen LogP contribution in [0.2, 0.25) is 0 Å². The van der Waals surface area contributed by atoms with Crippen LogP contribution in [0.15, 0.2) is 4.60 Å². The molecule has 0 amide bonds. The van der Waals surface area contributed by atoms with Crippen LogP contribution in [0, 0.1) is 0 Å². The standard InChI is InChI=1S/C9H14BrN3/c1-13-7-3-2-6(4-5-11)8(7)9(10)12-13/h6H,2-5,11H2,1H3. The fourth-order valence-corrected chi connectivity index (χ4v) is 2.98. The maximum atomic E-state index is 5.58. The third-order valence-corrected chi connectivity index (χ3v) is 3.40. The Morgan fingerprint density at radius 1 is 1.69 bits per heavy atom. The number of nitrogens with zero attached hydrogens (tertiary/aromatic N) is 2. The highest BCUT2D eigenvalue weighted by molar-refractivity contribution is 9.10. The molecule has 0 spiro atoms. The monoisotopic (exact) mass is 243 g/mol. The van der Waals surface area contributed by atoms with Crippen molar-refractivity contribution in [1.82, 2.24) is 9.78 Å². The first kappa shape index (κ1) is 9.21. The summed E-state index contributed by atoms with van der Waals surface area (Å²) in [5.74, 6) is 0.628. The van der Waals surface area contributed by atoms with E-state index < -0.39 is 0 Å². The van der Waals surface area contributed by atoms with E-state index in [0.29, 0.717) is 5.92 Å². The van der Waals surface area contributed by atoms with Gasteiger partial charge in [0, 0.05) is 18.3 Å². The number of halogens is 1. The van der Waals surface area contributed by atoms with E-state index in [1.807, 2.05) is 11.7 Å². The number of nitrogens with two attached hydrogens (primary N) is 1. The van der Waals surface area contributed by atoms with Gasteiger partial charge in [-0.15, -0.1) is 0 Å². The maximum absolute atomic E-state index is 5.58. The summed E-state index contributed by atoms with van der Waals surface area (Å²) in [6.45, 7) is 0.769. The number of aryl methyl sites for hydroxylation is 1. The SMILES string of the molecule is Cn1nc(Br)c2c1CCC2CCN. The summed E-state index contributed by atoms with van der Waals surface area (Å²) >= 11 is 3.51. The van der Waals surface area contributed by atoms with E-state index in [0.717, 1.165) is 24.0 Å². The van der Waals surface area contributed by atoms with Gasteiger partial charge in [0.15, 0.2) is 0 Å². The summed E-state index contributed by atoms with van der Waals surface area (Å²) in [6.07, 6.45) is 3.46. The predicted octanol–water partition coefficient (Wildman–Crippen LogP) is 1.56. The lowest BCUT2D eigenvalue weighted by atomic mass is 10.0. The van der Waals surface area contributed by atoms with Crippen molar-refractivity contribution in [3.05, 3.63) is 15.9 Å². The van der Waals surface area contributed by atoms with Gasteiger partial charge in [-0.05, 0) is 47.7 Å². The zero-order chi connectivity index (χ0) is 9.42. The Labute approximate surface area is 86.4 Å². The van der Waals surface area contributed by atoms with E-state index in [4.69, 9.17) is 5.73 Å². The molecule has 1 aliphatic rings.